The van der Waals surface area contributed by atoms with E-state index in [9.17, 15) is 13.2 Å². The van der Waals surface area contributed by atoms with Gasteiger partial charge in [0.05, 0.1) is 32.1 Å². The Morgan fingerprint density at radius 3 is 2.59 bits per heavy atom. The van der Waals surface area contributed by atoms with E-state index >= 15 is 0 Å². The molecule has 5 aromatic rings. The number of fused-ring (bicyclic) bond motifs is 2. The SMILES string of the molecule is CC(Sc1nc2ncccc2n1-c1ccc(C2CC2)c2ccccc12)C(=O)Nc1ccc(S(N)(=O)=O)cc1Cl. The number of nitrogens with two attached hydrogens (primary N) is 1. The highest BCUT2D eigenvalue weighted by molar-refractivity contribution is 8.00. The number of pyridine rings is 1. The maximum Gasteiger partial charge on any atom is 0.238 e. The summed E-state index contributed by atoms with van der Waals surface area (Å²) in [6.07, 6.45) is 4.12. The van der Waals surface area contributed by atoms with Gasteiger partial charge < -0.3 is 5.32 Å². The van der Waals surface area contributed by atoms with Crippen LogP contribution in [-0.2, 0) is 14.8 Å². The summed E-state index contributed by atoms with van der Waals surface area (Å²) in [6, 6.07) is 20.5. The number of carbonyl (C=O) groups is 1. The van der Waals surface area contributed by atoms with E-state index in [0.717, 1.165) is 16.6 Å². The van der Waals surface area contributed by atoms with Gasteiger partial charge in [-0.15, -0.1) is 0 Å². The molecule has 2 heterocycles. The number of primary sulfonamides is 1. The molecule has 39 heavy (non-hydrogen) atoms. The number of nitrogens with one attached hydrogen (secondary N) is 1. The second kappa shape index (κ2) is 9.95. The number of hydrogen-bond acceptors (Lipinski definition) is 6. The molecule has 1 fully saturated rings. The monoisotopic (exact) mass is 577 g/mol. The number of benzene rings is 3. The van der Waals surface area contributed by atoms with E-state index in [-0.39, 0.29) is 15.8 Å². The van der Waals surface area contributed by atoms with Crippen molar-refractivity contribution in [2.75, 3.05) is 5.32 Å². The Hall–Kier alpha value is -3.44. The molecule has 0 radical (unpaired) electrons. The van der Waals surface area contributed by atoms with Crippen LogP contribution in [0.15, 0.2) is 83.0 Å². The van der Waals surface area contributed by atoms with Crippen molar-refractivity contribution in [1.82, 2.24) is 14.5 Å². The molecule has 0 bridgehead atoms. The average molecular weight is 578 g/mol. The largest absolute Gasteiger partial charge is 0.324 e. The van der Waals surface area contributed by atoms with Crippen molar-refractivity contribution in [2.24, 2.45) is 5.14 Å². The van der Waals surface area contributed by atoms with Gasteiger partial charge in [-0.2, -0.15) is 0 Å². The molecule has 3 N–H and O–H groups in total. The summed E-state index contributed by atoms with van der Waals surface area (Å²) in [4.78, 5) is 22.3. The Morgan fingerprint density at radius 1 is 1.10 bits per heavy atom. The molecule has 0 aliphatic heterocycles. The predicted octanol–water partition coefficient (Wildman–Crippen LogP) is 5.87. The Morgan fingerprint density at radius 2 is 1.87 bits per heavy atom. The quantitative estimate of drug-likeness (QED) is 0.233. The van der Waals surface area contributed by atoms with Gasteiger partial charge in [0.15, 0.2) is 10.8 Å². The standard InChI is InChI=1S/C28H24ClN5O3S2/c1-16(27(35)32-23-12-10-18(15-22(23)29)39(30,36)37)38-28-33-26-25(7-4-14-31-26)34(28)24-13-11-19(17-8-9-17)20-5-2-3-6-21(20)24/h2-7,10-17H,8-9H2,1H3,(H,32,35)(H2,30,36,37). The number of rotatable bonds is 7. The van der Waals surface area contributed by atoms with E-state index in [2.05, 4.69) is 45.2 Å². The summed E-state index contributed by atoms with van der Waals surface area (Å²) in [6.45, 7) is 1.78. The minimum absolute atomic E-state index is 0.0748. The maximum absolute atomic E-state index is 13.2. The minimum atomic E-state index is -3.91. The fourth-order valence-corrected chi connectivity index (χ4v) is 6.43. The zero-order valence-electron chi connectivity index (χ0n) is 20.8. The number of anilines is 1. The second-order valence-corrected chi connectivity index (χ2v) is 12.8. The van der Waals surface area contributed by atoms with Crippen LogP contribution in [0, 0.1) is 0 Å². The van der Waals surface area contributed by atoms with E-state index in [1.807, 2.05) is 18.2 Å². The van der Waals surface area contributed by atoms with Crippen LogP contribution < -0.4 is 10.5 Å². The first-order valence-electron chi connectivity index (χ1n) is 12.4. The van der Waals surface area contributed by atoms with E-state index in [1.165, 1.54) is 53.8 Å². The first-order chi connectivity index (χ1) is 18.7. The first kappa shape index (κ1) is 25.8. The average Bonchev–Trinajstić information content (AvgIpc) is 3.69. The minimum Gasteiger partial charge on any atom is -0.324 e. The highest BCUT2D eigenvalue weighted by atomic mass is 35.5. The lowest BCUT2D eigenvalue weighted by Gasteiger charge is -2.17. The molecule has 3 aromatic carbocycles. The van der Waals surface area contributed by atoms with E-state index < -0.39 is 15.3 Å². The van der Waals surface area contributed by atoms with Crippen molar-refractivity contribution in [3.8, 4) is 5.69 Å². The van der Waals surface area contributed by atoms with Crippen molar-refractivity contribution in [2.45, 2.75) is 41.0 Å². The van der Waals surface area contributed by atoms with Crippen molar-refractivity contribution in [3.05, 3.63) is 83.5 Å². The number of hydrogen-bond donors (Lipinski definition) is 2. The smallest absolute Gasteiger partial charge is 0.238 e. The summed E-state index contributed by atoms with van der Waals surface area (Å²) in [5.41, 5.74) is 4.06. The van der Waals surface area contributed by atoms with Gasteiger partial charge in [0.2, 0.25) is 15.9 Å². The van der Waals surface area contributed by atoms with Gasteiger partial charge in [0.25, 0.3) is 0 Å². The zero-order valence-corrected chi connectivity index (χ0v) is 23.2. The van der Waals surface area contributed by atoms with Crippen molar-refractivity contribution < 1.29 is 13.2 Å². The molecule has 8 nitrogen and oxygen atoms in total. The van der Waals surface area contributed by atoms with Gasteiger partial charge in [0.1, 0.15) is 0 Å². The molecule has 11 heteroatoms. The van der Waals surface area contributed by atoms with Crippen molar-refractivity contribution >= 4 is 66.9 Å². The molecule has 1 atom stereocenters. The fraction of sp³-hybridized carbons (Fsp3) is 0.179. The summed E-state index contributed by atoms with van der Waals surface area (Å²) >= 11 is 7.54. The third kappa shape index (κ3) is 5.00. The molecule has 1 aliphatic carbocycles. The number of aromatic nitrogens is 3. The van der Waals surface area contributed by atoms with Crippen molar-refractivity contribution in [1.29, 1.82) is 0 Å². The van der Waals surface area contributed by atoms with Crippen LogP contribution in [0.5, 0.6) is 0 Å². The summed E-state index contributed by atoms with van der Waals surface area (Å²) in [5.74, 6) is 0.291. The van der Waals surface area contributed by atoms with Gasteiger partial charge in [-0.3, -0.25) is 9.36 Å². The predicted molar refractivity (Wildman–Crippen MR) is 155 cm³/mol. The van der Waals surface area contributed by atoms with Crippen molar-refractivity contribution in [3.63, 3.8) is 0 Å². The third-order valence-electron chi connectivity index (χ3n) is 6.77. The second-order valence-electron chi connectivity index (χ2n) is 9.51. The number of sulfonamides is 1. The van der Waals surface area contributed by atoms with Crippen LogP contribution in [0.2, 0.25) is 5.02 Å². The lowest BCUT2D eigenvalue weighted by molar-refractivity contribution is -0.115. The molecule has 1 aliphatic rings. The van der Waals surface area contributed by atoms with Crippen LogP contribution >= 0.6 is 23.4 Å². The summed E-state index contributed by atoms with van der Waals surface area (Å²) in [7, 11) is -3.91. The lowest BCUT2D eigenvalue weighted by Crippen LogP contribution is -2.23. The van der Waals surface area contributed by atoms with Gasteiger partial charge in [0, 0.05) is 11.6 Å². The van der Waals surface area contributed by atoms with Crippen LogP contribution in [-0.4, -0.2) is 34.1 Å². The van der Waals surface area contributed by atoms with Crippen LogP contribution in [0.25, 0.3) is 27.6 Å². The highest BCUT2D eigenvalue weighted by Crippen LogP contribution is 2.44. The molecule has 1 unspecified atom stereocenters. The topological polar surface area (TPSA) is 120 Å². The maximum atomic E-state index is 13.2. The molecular formula is C28H24ClN5O3S2. The lowest BCUT2D eigenvalue weighted by atomic mass is 9.99. The molecular weight excluding hydrogens is 554 g/mol. The molecule has 1 amide bonds. The molecule has 0 spiro atoms. The van der Waals surface area contributed by atoms with Crippen LogP contribution in [0.4, 0.5) is 5.69 Å². The van der Waals surface area contributed by atoms with E-state index in [4.69, 9.17) is 21.7 Å². The Labute approximate surface area is 234 Å². The molecule has 1 saturated carbocycles. The Bertz CT molecular complexity index is 1870. The van der Waals surface area contributed by atoms with Gasteiger partial charge in [-0.1, -0.05) is 53.7 Å². The third-order valence-corrected chi connectivity index (χ3v) is 9.05. The number of halogens is 1. The number of thioether (sulfide) groups is 1. The van der Waals surface area contributed by atoms with Gasteiger partial charge in [-0.05, 0) is 73.0 Å². The highest BCUT2D eigenvalue weighted by Gasteiger charge is 2.27. The fourth-order valence-electron chi connectivity index (χ4n) is 4.68. The van der Waals surface area contributed by atoms with Crippen LogP contribution in [0.3, 0.4) is 0 Å². The first-order valence-corrected chi connectivity index (χ1v) is 15.2. The van der Waals surface area contributed by atoms with E-state index in [0.29, 0.717) is 22.4 Å². The number of amides is 1. The molecule has 198 valence electrons. The number of imidazole rings is 1. The summed E-state index contributed by atoms with van der Waals surface area (Å²) in [5, 5.41) is 10.4. The molecule has 6 rings (SSSR count). The van der Waals surface area contributed by atoms with Gasteiger partial charge in [-0.25, -0.2) is 23.5 Å². The summed E-state index contributed by atoms with van der Waals surface area (Å²) < 4.78 is 25.3. The molecule has 2 aromatic heterocycles. The van der Waals surface area contributed by atoms with Gasteiger partial charge >= 0.3 is 0 Å². The Balaban J connectivity index is 1.35. The Kier molecular flexibility index (Phi) is 6.58. The van der Waals surface area contributed by atoms with E-state index in [1.54, 1.807) is 13.1 Å². The zero-order chi connectivity index (χ0) is 27.3. The molecule has 0 saturated heterocycles. The normalized spacial score (nSPS) is 14.5. The number of carbonyl (C=O) groups excluding carboxylic acids is 1. The van der Waals surface area contributed by atoms with Crippen LogP contribution in [0.1, 0.15) is 31.2 Å². The number of nitrogens with zero attached hydrogens (tertiary/aromatic N) is 3.